The van der Waals surface area contributed by atoms with E-state index in [1.54, 1.807) is 0 Å². The Labute approximate surface area is 302 Å². The van der Waals surface area contributed by atoms with Crippen LogP contribution in [0, 0.1) is 11.7 Å². The number of hydrogen-bond donors (Lipinski definition) is 0. The van der Waals surface area contributed by atoms with Gasteiger partial charge in [0.15, 0.2) is 5.16 Å². The summed E-state index contributed by atoms with van der Waals surface area (Å²) in [6.07, 6.45) is -9.98. The third-order valence-corrected chi connectivity index (χ3v) is 9.13. The highest BCUT2D eigenvalue weighted by Crippen LogP contribution is 2.40. The molecule has 1 aromatic heterocycles. The molecule has 3 aliphatic carbocycles. The molecule has 48 heavy (non-hydrogen) atoms. The Morgan fingerprint density at radius 2 is 1.81 bits per heavy atom. The highest BCUT2D eigenvalue weighted by atomic mass is 32.2. The molecule has 0 saturated heterocycles. The number of allylic oxidation sites excluding steroid dienone is 7. The fourth-order valence-electron chi connectivity index (χ4n) is 5.50. The molecule has 2 aromatic rings. The Balaban J connectivity index is 1.62. The van der Waals surface area contributed by atoms with Gasteiger partial charge in [0.1, 0.15) is 12.4 Å². The van der Waals surface area contributed by atoms with E-state index in [-0.39, 0.29) is 29.6 Å². The molecular formula is C37H44F4N4O2S. The Bertz CT molecular complexity index is 2280. The summed E-state index contributed by atoms with van der Waals surface area (Å²) in [5.41, 5.74) is -3.63. The van der Waals surface area contributed by atoms with Crippen LogP contribution in [0.15, 0.2) is 80.6 Å². The maximum atomic E-state index is 14.6. The van der Waals surface area contributed by atoms with Gasteiger partial charge >= 0.3 is 6.18 Å². The summed E-state index contributed by atoms with van der Waals surface area (Å²) in [6, 6.07) is -7.42. The van der Waals surface area contributed by atoms with Gasteiger partial charge in [-0.05, 0) is 86.3 Å². The summed E-state index contributed by atoms with van der Waals surface area (Å²) < 4.78 is 169. The van der Waals surface area contributed by atoms with Crippen LogP contribution in [0.2, 0.25) is 0 Å². The van der Waals surface area contributed by atoms with Crippen molar-refractivity contribution in [1.29, 1.82) is 0 Å². The summed E-state index contributed by atoms with van der Waals surface area (Å²) in [5, 5.41) is -0.101. The SMILES string of the molecule is [2H]C1=C(C2=C([2H])C([2H])=C(C(F)(F)F)C(C)C2[2H])C([2H])C([2H])C(C([2H])([2H])N(CCN(CC)CC)C(=O)Cn2c(SCc3c([2H])c([2H])c(F)c([2H])c3[2H])nc(=O)c3c2CCC3)=C1[2H]. The second-order valence-corrected chi connectivity index (χ2v) is 12.2. The topological polar surface area (TPSA) is 58.4 Å². The molecule has 4 unspecified atom stereocenters. The van der Waals surface area contributed by atoms with Crippen LogP contribution in [0.25, 0.3) is 0 Å². The van der Waals surface area contributed by atoms with Gasteiger partial charge in [0.05, 0.1) is 13.7 Å². The zero-order valence-corrected chi connectivity index (χ0v) is 27.5. The molecule has 4 atom stereocenters. The molecule has 6 nitrogen and oxygen atoms in total. The van der Waals surface area contributed by atoms with Gasteiger partial charge in [-0.3, -0.25) is 9.59 Å². The van der Waals surface area contributed by atoms with E-state index in [4.69, 9.17) is 15.1 Å². The van der Waals surface area contributed by atoms with Crippen LogP contribution in [0.1, 0.15) is 81.0 Å². The molecule has 0 aliphatic heterocycles. The Morgan fingerprint density at radius 3 is 2.52 bits per heavy atom. The van der Waals surface area contributed by atoms with Gasteiger partial charge in [0.2, 0.25) is 5.91 Å². The minimum atomic E-state index is -5.06. The van der Waals surface area contributed by atoms with Crippen LogP contribution in [-0.2, 0) is 29.9 Å². The van der Waals surface area contributed by atoms with E-state index in [9.17, 15) is 29.9 Å². The van der Waals surface area contributed by atoms with Crippen molar-refractivity contribution >= 4 is 17.7 Å². The number of fused-ring (bicyclic) bond motifs is 1. The molecule has 1 aromatic carbocycles. The first kappa shape index (κ1) is 22.3. The molecular weight excluding hydrogens is 640 g/mol. The smallest absolute Gasteiger partial charge is 0.336 e. The van der Waals surface area contributed by atoms with Gasteiger partial charge < -0.3 is 14.4 Å². The number of amides is 1. The molecule has 0 fully saturated rings. The number of likely N-dealkylation sites (N-methyl/N-ethyl adjacent to an activating group) is 1. The molecule has 258 valence electrons. The van der Waals surface area contributed by atoms with Crippen LogP contribution in [0.4, 0.5) is 17.6 Å². The molecule has 0 spiro atoms. The van der Waals surface area contributed by atoms with E-state index in [1.807, 2.05) is 18.7 Å². The average Bonchev–Trinajstić information content (AvgIpc) is 3.69. The number of carbonyl (C=O) groups excluding carboxylic acids is 1. The van der Waals surface area contributed by atoms with Crippen LogP contribution in [0.5, 0.6) is 0 Å². The summed E-state index contributed by atoms with van der Waals surface area (Å²) in [5.74, 6) is -4.36. The molecule has 3 aliphatic rings. The minimum Gasteiger partial charge on any atom is -0.336 e. The summed E-state index contributed by atoms with van der Waals surface area (Å²) in [6.45, 7) is 1.57. The first-order valence-corrected chi connectivity index (χ1v) is 16.5. The maximum Gasteiger partial charge on any atom is 0.412 e. The second kappa shape index (κ2) is 15.8. The molecule has 1 amide bonds. The molecule has 0 saturated carbocycles. The summed E-state index contributed by atoms with van der Waals surface area (Å²) in [4.78, 5) is 34.6. The third kappa shape index (κ3) is 8.77. The van der Waals surface area contributed by atoms with Gasteiger partial charge in [-0.2, -0.15) is 18.2 Å². The minimum absolute atomic E-state index is 0.0739. The van der Waals surface area contributed by atoms with Crippen molar-refractivity contribution in [1.82, 2.24) is 19.4 Å². The van der Waals surface area contributed by atoms with Gasteiger partial charge in [-0.15, -0.1) is 0 Å². The predicted octanol–water partition coefficient (Wildman–Crippen LogP) is 7.44. The van der Waals surface area contributed by atoms with Crippen molar-refractivity contribution < 1.29 is 40.2 Å². The van der Waals surface area contributed by atoms with Gasteiger partial charge in [-0.1, -0.05) is 74.4 Å². The quantitative estimate of drug-likeness (QED) is 0.124. The molecule has 0 radical (unpaired) electrons. The fraction of sp³-hybridized carbons (Fsp3) is 0.486. The van der Waals surface area contributed by atoms with Gasteiger partial charge in [-0.25, -0.2) is 4.39 Å². The molecule has 11 heteroatoms. The Morgan fingerprint density at radius 1 is 1.08 bits per heavy atom. The van der Waals surface area contributed by atoms with Gasteiger partial charge in [0.25, 0.3) is 5.56 Å². The van der Waals surface area contributed by atoms with E-state index in [0.29, 0.717) is 43.6 Å². The highest BCUT2D eigenvalue weighted by Gasteiger charge is 2.38. The summed E-state index contributed by atoms with van der Waals surface area (Å²) >= 11 is 0.775. The van der Waals surface area contributed by atoms with Crippen molar-refractivity contribution in [2.75, 3.05) is 32.7 Å². The van der Waals surface area contributed by atoms with Crippen LogP contribution < -0.4 is 5.56 Å². The number of hydrogen-bond acceptors (Lipinski definition) is 5. The lowest BCUT2D eigenvalue weighted by Gasteiger charge is -2.30. The molecule has 1 heterocycles. The monoisotopic (exact) mass is 697 g/mol. The lowest BCUT2D eigenvalue weighted by atomic mass is 9.82. The molecule has 0 N–H and O–H groups in total. The lowest BCUT2D eigenvalue weighted by Crippen LogP contribution is -2.42. The second-order valence-electron chi connectivity index (χ2n) is 11.3. The van der Waals surface area contributed by atoms with E-state index >= 15 is 0 Å². The number of aromatic nitrogens is 2. The van der Waals surface area contributed by atoms with E-state index in [1.165, 1.54) is 4.57 Å². The Hall–Kier alpha value is -3.44. The standard InChI is InChI=1S/C37H44F4N4O2S/c1-4-43(5-2)19-20-44(22-26-9-13-28(14-10-26)29-15-18-32(25(3)21-29)37(39,40)41)34(46)23-45-33-8-6-7-31(33)35(47)42-36(45)48-24-27-11-16-30(38)17-12-27/h9,11-13,15-18,25H,4-8,10,14,19-24H2,1-3H3/i9D,10D,11D,12D,13D,14D,15D,16D,17D,18D,21D,22D2. The van der Waals surface area contributed by atoms with E-state index in [0.717, 1.165) is 23.6 Å². The number of alkyl halides is 3. The highest BCUT2D eigenvalue weighted by molar-refractivity contribution is 7.98. The van der Waals surface area contributed by atoms with Crippen molar-refractivity contribution in [3.8, 4) is 0 Å². The van der Waals surface area contributed by atoms with E-state index in [2.05, 4.69) is 4.98 Å². The number of rotatable bonds is 13. The summed E-state index contributed by atoms with van der Waals surface area (Å²) in [7, 11) is 0. The van der Waals surface area contributed by atoms with E-state index < -0.39 is 132 Å². The molecule has 0 bridgehead atoms. The van der Waals surface area contributed by atoms with Crippen molar-refractivity contribution in [3.05, 3.63) is 104 Å². The molecule has 5 rings (SSSR count). The number of thioether (sulfide) groups is 1. The number of nitrogens with zero attached hydrogens (tertiary/aromatic N) is 4. The predicted molar refractivity (Wildman–Crippen MR) is 182 cm³/mol. The average molecular weight is 698 g/mol. The largest absolute Gasteiger partial charge is 0.412 e. The van der Waals surface area contributed by atoms with Crippen molar-refractivity contribution in [3.63, 3.8) is 0 Å². The first-order valence-electron chi connectivity index (χ1n) is 22.3. The van der Waals surface area contributed by atoms with Crippen molar-refractivity contribution in [2.24, 2.45) is 5.92 Å². The van der Waals surface area contributed by atoms with Crippen LogP contribution >= 0.6 is 11.8 Å². The number of halogens is 4. The number of carbonyl (C=O) groups is 1. The first-order chi connectivity index (χ1) is 28.3. The fourth-order valence-corrected chi connectivity index (χ4v) is 6.39. The maximum absolute atomic E-state index is 14.6. The third-order valence-electron chi connectivity index (χ3n) is 8.12. The Kier molecular flexibility index (Phi) is 7.37. The zero-order valence-electron chi connectivity index (χ0n) is 39.7. The van der Waals surface area contributed by atoms with Crippen LogP contribution in [-0.4, -0.2) is 64.1 Å². The van der Waals surface area contributed by atoms with Gasteiger partial charge in [0, 0.05) is 46.3 Å². The zero-order chi connectivity index (χ0) is 45.8. The number of benzene rings is 1. The normalized spacial score (nSPS) is 27.5. The lowest BCUT2D eigenvalue weighted by molar-refractivity contribution is -0.131. The van der Waals surface area contributed by atoms with Crippen LogP contribution in [0.3, 0.4) is 0 Å². The van der Waals surface area contributed by atoms with Crippen molar-refractivity contribution in [2.45, 2.75) is 82.9 Å².